The van der Waals surface area contributed by atoms with Crippen LogP contribution in [-0.4, -0.2) is 5.91 Å². The molecule has 0 spiro atoms. The zero-order valence-electron chi connectivity index (χ0n) is 9.23. The highest BCUT2D eigenvalue weighted by Gasteiger charge is 2.22. The maximum Gasteiger partial charge on any atom is 0.265 e. The summed E-state index contributed by atoms with van der Waals surface area (Å²) in [7, 11) is 0. The van der Waals surface area contributed by atoms with Crippen LogP contribution in [0.5, 0.6) is 0 Å². The second-order valence-electron chi connectivity index (χ2n) is 4.05. The number of nitrogens with one attached hydrogen (secondary N) is 1. The minimum Gasteiger partial charge on any atom is -0.275 e. The molecule has 0 bridgehead atoms. The fourth-order valence-corrected chi connectivity index (χ4v) is 1.89. The number of carbonyl (C=O) groups excluding carboxylic acids is 1. The molecule has 84 valence electrons. The largest absolute Gasteiger partial charge is 0.275 e. The van der Waals surface area contributed by atoms with Crippen LogP contribution in [0.15, 0.2) is 30.3 Å². The number of hydrogen-bond acceptors (Lipinski definition) is 2. The lowest BCUT2D eigenvalue weighted by Gasteiger charge is -2.19. The number of carbonyl (C=O) groups is 1. The van der Waals surface area contributed by atoms with Crippen molar-refractivity contribution < 1.29 is 4.79 Å². The molecule has 0 aromatic heterocycles. The lowest BCUT2D eigenvalue weighted by atomic mass is 9.89. The van der Waals surface area contributed by atoms with E-state index < -0.39 is 0 Å². The molecular weight excluding hydrogens is 200 g/mol. The van der Waals surface area contributed by atoms with E-state index in [4.69, 9.17) is 0 Å². The molecule has 3 nitrogen and oxygen atoms in total. The number of anilines is 1. The van der Waals surface area contributed by atoms with Gasteiger partial charge >= 0.3 is 0 Å². The first kappa shape index (κ1) is 11.0. The van der Waals surface area contributed by atoms with Gasteiger partial charge < -0.3 is 0 Å². The molecule has 0 aliphatic heterocycles. The van der Waals surface area contributed by atoms with Crippen LogP contribution >= 0.6 is 0 Å². The van der Waals surface area contributed by atoms with Crippen molar-refractivity contribution in [2.75, 3.05) is 5.43 Å². The van der Waals surface area contributed by atoms with Crippen LogP contribution in [0.4, 0.5) is 5.69 Å². The second kappa shape index (κ2) is 5.54. The highest BCUT2D eigenvalue weighted by Crippen LogP contribution is 2.22. The van der Waals surface area contributed by atoms with E-state index >= 15 is 0 Å². The van der Waals surface area contributed by atoms with Crippen molar-refractivity contribution in [1.29, 1.82) is 0 Å². The van der Waals surface area contributed by atoms with Gasteiger partial charge in [0.15, 0.2) is 0 Å². The number of nitrogens with zero attached hydrogens (tertiary/aromatic N) is 1. The van der Waals surface area contributed by atoms with Crippen molar-refractivity contribution in [1.82, 2.24) is 5.43 Å². The summed E-state index contributed by atoms with van der Waals surface area (Å²) in [5.41, 5.74) is 7.55. The smallest absolute Gasteiger partial charge is 0.265 e. The van der Waals surface area contributed by atoms with Gasteiger partial charge in [0.05, 0.1) is 5.69 Å². The predicted octanol–water partition coefficient (Wildman–Crippen LogP) is 2.54. The van der Waals surface area contributed by atoms with E-state index in [9.17, 15) is 4.79 Å². The van der Waals surface area contributed by atoms with Gasteiger partial charge in [0.1, 0.15) is 0 Å². The van der Waals surface area contributed by atoms with E-state index in [1.807, 2.05) is 30.3 Å². The molecule has 16 heavy (non-hydrogen) atoms. The summed E-state index contributed by atoms with van der Waals surface area (Å²) in [5, 5.41) is 0. The van der Waals surface area contributed by atoms with Gasteiger partial charge in [-0.15, -0.1) is 5.43 Å². The van der Waals surface area contributed by atoms with Crippen LogP contribution in [-0.2, 0) is 4.79 Å². The van der Waals surface area contributed by atoms with E-state index in [1.54, 1.807) is 0 Å². The van der Waals surface area contributed by atoms with Gasteiger partial charge in [-0.05, 0) is 31.4 Å². The van der Waals surface area contributed by atoms with Crippen LogP contribution in [0.2, 0.25) is 0 Å². The molecular formula is C13H16N2O. The molecule has 1 unspecified atom stereocenters. The third-order valence-corrected chi connectivity index (χ3v) is 2.81. The van der Waals surface area contributed by atoms with Crippen molar-refractivity contribution in [3.8, 4) is 0 Å². The molecule has 0 saturated heterocycles. The lowest BCUT2D eigenvalue weighted by Crippen LogP contribution is -2.30. The summed E-state index contributed by atoms with van der Waals surface area (Å²) in [5.74, 6) is -0.0338. The van der Waals surface area contributed by atoms with E-state index in [0.717, 1.165) is 24.9 Å². The number of hydrogen-bond donors (Lipinski definition) is 1. The molecule has 1 N–H and O–H groups in total. The molecule has 2 radical (unpaired) electrons. The summed E-state index contributed by atoms with van der Waals surface area (Å²) in [6, 6.07) is 9.54. The standard InChI is InChI=1S/C13H16N2O/c16-13(11-7-3-1-4-8-11)15-14-12-9-5-2-6-10-12/h2,5-7,9-11,14H,1,3-4,8H2. The SMILES string of the molecule is O=C([N]Nc1ccccc1)C1[CH]CCCC1. The Kier molecular flexibility index (Phi) is 3.81. The zero-order chi connectivity index (χ0) is 11.2. The van der Waals surface area contributed by atoms with Gasteiger partial charge in [-0.1, -0.05) is 31.0 Å². The molecule has 2 rings (SSSR count). The molecule has 1 aromatic carbocycles. The monoisotopic (exact) mass is 216 g/mol. The lowest BCUT2D eigenvalue weighted by molar-refractivity contribution is -0.124. The first-order valence-corrected chi connectivity index (χ1v) is 5.75. The minimum absolute atomic E-state index is 0.0185. The third kappa shape index (κ3) is 2.99. The van der Waals surface area contributed by atoms with Crippen molar-refractivity contribution in [3.05, 3.63) is 36.8 Å². The van der Waals surface area contributed by atoms with E-state index in [0.29, 0.717) is 0 Å². The average molecular weight is 216 g/mol. The first-order valence-electron chi connectivity index (χ1n) is 5.75. The zero-order valence-corrected chi connectivity index (χ0v) is 9.23. The molecule has 1 aliphatic carbocycles. The van der Waals surface area contributed by atoms with Gasteiger partial charge in [-0.3, -0.25) is 10.2 Å². The van der Waals surface area contributed by atoms with E-state index in [-0.39, 0.29) is 11.8 Å². The quantitative estimate of drug-likeness (QED) is 0.789. The van der Waals surface area contributed by atoms with Gasteiger partial charge in [0.25, 0.3) is 5.91 Å². The van der Waals surface area contributed by atoms with Crippen LogP contribution < -0.4 is 10.9 Å². The van der Waals surface area contributed by atoms with Gasteiger partial charge in [0.2, 0.25) is 0 Å². The van der Waals surface area contributed by atoms with Crippen LogP contribution in [0.1, 0.15) is 25.7 Å². The number of para-hydroxylation sites is 1. The summed E-state index contributed by atoms with van der Waals surface area (Å²) in [6.07, 6.45) is 6.40. The van der Waals surface area contributed by atoms with Gasteiger partial charge in [-0.25, -0.2) is 0 Å². The minimum atomic E-state index is -0.0523. The molecule has 1 amide bonds. The maximum absolute atomic E-state index is 11.7. The summed E-state index contributed by atoms with van der Waals surface area (Å²) in [6.45, 7) is 0. The Bertz CT molecular complexity index is 331. The van der Waals surface area contributed by atoms with Gasteiger partial charge in [0, 0.05) is 5.92 Å². The molecule has 1 aromatic rings. The number of rotatable bonds is 3. The maximum atomic E-state index is 11.7. The Morgan fingerprint density at radius 2 is 2.06 bits per heavy atom. The Morgan fingerprint density at radius 1 is 1.25 bits per heavy atom. The van der Waals surface area contributed by atoms with Crippen molar-refractivity contribution in [2.24, 2.45) is 5.92 Å². The summed E-state index contributed by atoms with van der Waals surface area (Å²) in [4.78, 5) is 11.7. The molecule has 3 heteroatoms. The molecule has 1 fully saturated rings. The fourth-order valence-electron chi connectivity index (χ4n) is 1.89. The molecule has 1 saturated carbocycles. The number of benzene rings is 1. The Labute approximate surface area is 96.2 Å². The molecule has 0 heterocycles. The van der Waals surface area contributed by atoms with Crippen LogP contribution in [0, 0.1) is 12.3 Å². The fraction of sp³-hybridized carbons (Fsp3) is 0.385. The summed E-state index contributed by atoms with van der Waals surface area (Å²) >= 11 is 0. The second-order valence-corrected chi connectivity index (χ2v) is 4.05. The van der Waals surface area contributed by atoms with Crippen LogP contribution in [0.25, 0.3) is 0 Å². The molecule has 1 atom stereocenters. The Hall–Kier alpha value is -1.51. The highest BCUT2D eigenvalue weighted by atomic mass is 16.2. The van der Waals surface area contributed by atoms with E-state index in [1.165, 1.54) is 6.42 Å². The number of amides is 1. The van der Waals surface area contributed by atoms with Crippen LogP contribution in [0.3, 0.4) is 0 Å². The Morgan fingerprint density at radius 3 is 2.75 bits per heavy atom. The predicted molar refractivity (Wildman–Crippen MR) is 63.5 cm³/mol. The first-order chi connectivity index (χ1) is 7.86. The van der Waals surface area contributed by atoms with E-state index in [2.05, 4.69) is 17.3 Å². The molecule has 1 aliphatic rings. The third-order valence-electron chi connectivity index (χ3n) is 2.81. The van der Waals surface area contributed by atoms with Gasteiger partial charge in [-0.2, -0.15) is 0 Å². The summed E-state index contributed by atoms with van der Waals surface area (Å²) < 4.78 is 0. The van der Waals surface area contributed by atoms with Crippen molar-refractivity contribution in [3.63, 3.8) is 0 Å². The van der Waals surface area contributed by atoms with Crippen molar-refractivity contribution >= 4 is 11.6 Å². The Balaban J connectivity index is 1.79. The topological polar surface area (TPSA) is 43.2 Å². The highest BCUT2D eigenvalue weighted by molar-refractivity contribution is 5.80. The van der Waals surface area contributed by atoms with Crippen molar-refractivity contribution in [2.45, 2.75) is 25.7 Å². The average Bonchev–Trinajstić information content (AvgIpc) is 2.38. The normalized spacial score (nSPS) is 16.8.